The smallest absolute Gasteiger partial charge is 0.281 e. The first-order chi connectivity index (χ1) is 9.66. The Hall–Kier alpha value is -2.96. The number of aryl methyl sites for hydroxylation is 1. The van der Waals surface area contributed by atoms with Crippen LogP contribution in [0.4, 0.5) is 5.82 Å². The van der Waals surface area contributed by atoms with Crippen LogP contribution in [-0.2, 0) is 7.05 Å². The predicted octanol–water partition coefficient (Wildman–Crippen LogP) is 1.17. The number of benzene rings is 1. The summed E-state index contributed by atoms with van der Waals surface area (Å²) >= 11 is 0. The van der Waals surface area contributed by atoms with Crippen molar-refractivity contribution in [3.05, 3.63) is 52.5 Å². The predicted molar refractivity (Wildman–Crippen MR) is 71.4 cm³/mol. The largest absolute Gasteiger partial charge is 0.363 e. The second-order valence-corrected chi connectivity index (χ2v) is 4.16. The number of rotatable bonds is 2. The molecule has 1 aromatic carbocycles. The molecule has 0 unspecified atom stereocenters. The zero-order valence-corrected chi connectivity index (χ0v) is 10.5. The van der Waals surface area contributed by atoms with E-state index in [4.69, 9.17) is 0 Å². The molecule has 0 saturated heterocycles. The number of fused-ring (bicyclic) bond motifs is 1. The van der Waals surface area contributed by atoms with Gasteiger partial charge >= 0.3 is 0 Å². The molecule has 7 heteroatoms. The van der Waals surface area contributed by atoms with Crippen LogP contribution in [0.1, 0.15) is 10.5 Å². The molecule has 3 aromatic rings. The minimum atomic E-state index is -0.620. The zero-order chi connectivity index (χ0) is 14.1. The average Bonchev–Trinajstić information content (AvgIpc) is 2.95. The molecular formula is C13H10N4O3. The van der Waals surface area contributed by atoms with E-state index in [0.717, 1.165) is 0 Å². The van der Waals surface area contributed by atoms with Gasteiger partial charge in [0.05, 0.1) is 5.52 Å². The summed E-state index contributed by atoms with van der Waals surface area (Å²) in [6.07, 6.45) is 1.32. The molecule has 20 heavy (non-hydrogen) atoms. The lowest BCUT2D eigenvalue weighted by atomic mass is 10.2. The second kappa shape index (κ2) is 4.61. The van der Waals surface area contributed by atoms with Gasteiger partial charge in [-0.2, -0.15) is 5.10 Å². The molecule has 1 N–H and O–H groups in total. The maximum atomic E-state index is 12.3. The first-order valence-corrected chi connectivity index (χ1v) is 5.84. The molecule has 0 saturated carbocycles. The van der Waals surface area contributed by atoms with Crippen LogP contribution in [0.2, 0.25) is 0 Å². The van der Waals surface area contributed by atoms with Gasteiger partial charge in [-0.1, -0.05) is 17.3 Å². The summed E-state index contributed by atoms with van der Waals surface area (Å²) < 4.78 is 6.10. The number of carbonyl (C=O) groups is 1. The number of hydrogen-bond acceptors (Lipinski definition) is 5. The Balaban J connectivity index is 2.10. The number of anilines is 1. The van der Waals surface area contributed by atoms with E-state index in [0.29, 0.717) is 10.9 Å². The SMILES string of the molecule is Cn1nc(C(=O)Nc2ccon2)c(=O)c2ccccc21. The second-order valence-electron chi connectivity index (χ2n) is 4.16. The molecular weight excluding hydrogens is 260 g/mol. The molecule has 0 aliphatic rings. The van der Waals surface area contributed by atoms with Gasteiger partial charge in [-0.25, -0.2) is 0 Å². The molecule has 2 heterocycles. The first kappa shape index (κ1) is 12.1. The minimum absolute atomic E-state index is 0.186. The van der Waals surface area contributed by atoms with E-state index in [9.17, 15) is 9.59 Å². The summed E-state index contributed by atoms with van der Waals surface area (Å²) in [5.41, 5.74) is 0.0596. The standard InChI is InChI=1S/C13H10N4O3/c1-17-9-5-3-2-4-8(9)12(18)11(15-17)13(19)14-10-6-7-20-16-10/h2-7H,1H3,(H,14,16,19). The van der Waals surface area contributed by atoms with Crippen molar-refractivity contribution in [3.8, 4) is 0 Å². The first-order valence-electron chi connectivity index (χ1n) is 5.84. The third-order valence-corrected chi connectivity index (χ3v) is 2.86. The van der Waals surface area contributed by atoms with Crippen LogP contribution in [0.3, 0.4) is 0 Å². The van der Waals surface area contributed by atoms with E-state index >= 15 is 0 Å². The lowest BCUT2D eigenvalue weighted by Crippen LogP contribution is -2.26. The number of carbonyl (C=O) groups excluding carboxylic acids is 1. The van der Waals surface area contributed by atoms with E-state index in [1.165, 1.54) is 17.0 Å². The summed E-state index contributed by atoms with van der Waals surface area (Å²) in [6, 6.07) is 8.44. The van der Waals surface area contributed by atoms with E-state index in [1.807, 2.05) is 0 Å². The zero-order valence-electron chi connectivity index (χ0n) is 10.5. The molecule has 0 aliphatic carbocycles. The Morgan fingerprint density at radius 2 is 2.10 bits per heavy atom. The Kier molecular flexibility index (Phi) is 2.79. The number of nitrogens with zero attached hydrogens (tertiary/aromatic N) is 3. The van der Waals surface area contributed by atoms with Crippen LogP contribution in [0.25, 0.3) is 10.9 Å². The number of hydrogen-bond donors (Lipinski definition) is 1. The lowest BCUT2D eigenvalue weighted by Gasteiger charge is -2.06. The molecule has 1 amide bonds. The maximum absolute atomic E-state index is 12.3. The van der Waals surface area contributed by atoms with Crippen molar-refractivity contribution in [1.82, 2.24) is 14.9 Å². The molecule has 0 radical (unpaired) electrons. The molecule has 0 spiro atoms. The van der Waals surface area contributed by atoms with Gasteiger partial charge in [0.25, 0.3) is 5.91 Å². The highest BCUT2D eigenvalue weighted by Gasteiger charge is 2.17. The van der Waals surface area contributed by atoms with Crippen molar-refractivity contribution in [2.75, 3.05) is 5.32 Å². The summed E-state index contributed by atoms with van der Waals surface area (Å²) in [6.45, 7) is 0. The molecule has 7 nitrogen and oxygen atoms in total. The molecule has 2 aromatic heterocycles. The van der Waals surface area contributed by atoms with Crippen LogP contribution < -0.4 is 10.7 Å². The summed E-state index contributed by atoms with van der Waals surface area (Å²) in [7, 11) is 1.68. The highest BCUT2D eigenvalue weighted by Crippen LogP contribution is 2.09. The fourth-order valence-electron chi connectivity index (χ4n) is 1.93. The van der Waals surface area contributed by atoms with Crippen molar-refractivity contribution in [1.29, 1.82) is 0 Å². The van der Waals surface area contributed by atoms with E-state index in [1.54, 1.807) is 31.3 Å². The molecule has 0 atom stereocenters. The number of aromatic nitrogens is 3. The van der Waals surface area contributed by atoms with Crippen LogP contribution >= 0.6 is 0 Å². The summed E-state index contributed by atoms with van der Waals surface area (Å²) in [4.78, 5) is 24.3. The van der Waals surface area contributed by atoms with Gasteiger partial charge in [0.1, 0.15) is 6.26 Å². The maximum Gasteiger partial charge on any atom is 0.281 e. The van der Waals surface area contributed by atoms with E-state index < -0.39 is 11.3 Å². The van der Waals surface area contributed by atoms with Gasteiger partial charge in [0.15, 0.2) is 11.5 Å². The van der Waals surface area contributed by atoms with Gasteiger partial charge in [-0.15, -0.1) is 0 Å². The molecule has 0 bridgehead atoms. The van der Waals surface area contributed by atoms with E-state index in [-0.39, 0.29) is 11.5 Å². The van der Waals surface area contributed by atoms with Crippen LogP contribution in [-0.4, -0.2) is 20.8 Å². The molecule has 3 rings (SSSR count). The highest BCUT2D eigenvalue weighted by atomic mass is 16.5. The molecule has 0 fully saturated rings. The van der Waals surface area contributed by atoms with Crippen LogP contribution in [0, 0.1) is 0 Å². The molecule has 100 valence electrons. The van der Waals surface area contributed by atoms with Crippen molar-refractivity contribution in [2.24, 2.45) is 7.05 Å². The summed E-state index contributed by atoms with van der Waals surface area (Å²) in [5.74, 6) is -0.391. The summed E-state index contributed by atoms with van der Waals surface area (Å²) in [5, 5.41) is 10.5. The molecule has 0 aliphatic heterocycles. The number of nitrogens with one attached hydrogen (secondary N) is 1. The lowest BCUT2D eigenvalue weighted by molar-refractivity contribution is 0.101. The quantitative estimate of drug-likeness (QED) is 0.755. The van der Waals surface area contributed by atoms with Crippen molar-refractivity contribution in [2.45, 2.75) is 0 Å². The third-order valence-electron chi connectivity index (χ3n) is 2.86. The van der Waals surface area contributed by atoms with Gasteiger partial charge in [-0.05, 0) is 12.1 Å². The van der Waals surface area contributed by atoms with Crippen molar-refractivity contribution >= 4 is 22.6 Å². The Morgan fingerprint density at radius 1 is 1.30 bits per heavy atom. The van der Waals surface area contributed by atoms with Crippen LogP contribution in [0.15, 0.2) is 45.9 Å². The normalized spacial score (nSPS) is 10.7. The van der Waals surface area contributed by atoms with Gasteiger partial charge in [0.2, 0.25) is 5.43 Å². The van der Waals surface area contributed by atoms with Crippen LogP contribution in [0.5, 0.6) is 0 Å². The monoisotopic (exact) mass is 270 g/mol. The van der Waals surface area contributed by atoms with Crippen molar-refractivity contribution in [3.63, 3.8) is 0 Å². The Bertz CT molecular complexity index is 836. The Labute approximate surface area is 112 Å². The number of amides is 1. The third kappa shape index (κ3) is 1.95. The topological polar surface area (TPSA) is 90.0 Å². The van der Waals surface area contributed by atoms with E-state index in [2.05, 4.69) is 20.1 Å². The highest BCUT2D eigenvalue weighted by molar-refractivity contribution is 6.03. The average molecular weight is 270 g/mol. The minimum Gasteiger partial charge on any atom is -0.363 e. The fourth-order valence-corrected chi connectivity index (χ4v) is 1.93. The van der Waals surface area contributed by atoms with Gasteiger partial charge in [-0.3, -0.25) is 14.3 Å². The van der Waals surface area contributed by atoms with Gasteiger partial charge < -0.3 is 9.84 Å². The number of para-hydroxylation sites is 1. The Morgan fingerprint density at radius 3 is 2.85 bits per heavy atom. The van der Waals surface area contributed by atoms with Gasteiger partial charge in [0, 0.05) is 18.5 Å². The van der Waals surface area contributed by atoms with Crippen molar-refractivity contribution < 1.29 is 9.32 Å². The fraction of sp³-hybridized carbons (Fsp3) is 0.0769.